The van der Waals surface area contributed by atoms with E-state index in [-0.39, 0.29) is 37.3 Å². The number of aryl methyl sites for hydroxylation is 1. The first-order chi connectivity index (χ1) is 18.2. The minimum atomic E-state index is -1.13. The lowest BCUT2D eigenvalue weighted by atomic mass is 10.0. The molecule has 12 heteroatoms. The quantitative estimate of drug-likeness (QED) is 0.490. The van der Waals surface area contributed by atoms with Gasteiger partial charge in [-0.15, -0.1) is 0 Å². The Morgan fingerprint density at radius 1 is 1.16 bits per heavy atom. The van der Waals surface area contributed by atoms with Gasteiger partial charge in [0.15, 0.2) is 5.69 Å². The molecule has 2 heterocycles. The first kappa shape index (κ1) is 28.5. The maximum atomic E-state index is 13.4. The predicted molar refractivity (Wildman–Crippen MR) is 133 cm³/mol. The lowest BCUT2D eigenvalue weighted by Gasteiger charge is -2.24. The molecule has 2 aromatic rings. The maximum absolute atomic E-state index is 13.4. The van der Waals surface area contributed by atoms with Crippen LogP contribution in [-0.2, 0) is 25.6 Å². The summed E-state index contributed by atoms with van der Waals surface area (Å²) in [5.41, 5.74) is 0.578. The van der Waals surface area contributed by atoms with Crippen molar-refractivity contribution in [2.45, 2.75) is 63.6 Å². The van der Waals surface area contributed by atoms with E-state index in [2.05, 4.69) is 21.1 Å². The molecule has 1 aromatic carbocycles. The summed E-state index contributed by atoms with van der Waals surface area (Å²) in [5, 5.41) is 11.6. The molecule has 3 unspecified atom stereocenters. The molecular weight excluding hydrogens is 497 g/mol. The third kappa shape index (κ3) is 8.22. The molecular formula is C26H32FN5O6. The van der Waals surface area contributed by atoms with Gasteiger partial charge in [-0.05, 0) is 50.3 Å². The van der Waals surface area contributed by atoms with Crippen LogP contribution in [0.1, 0.15) is 53.9 Å². The molecule has 204 valence electrons. The molecule has 0 aliphatic carbocycles. The third-order valence-corrected chi connectivity index (χ3v) is 6.29. The SMILES string of the molecule is Cc1cc(C(=O)NC2CCCCN(C)C(=O)CCC(C=O)NC(=O)C(Cc3ccc(F)cc3)NC2=O)no1. The van der Waals surface area contributed by atoms with Gasteiger partial charge >= 0.3 is 0 Å². The number of nitrogens with one attached hydrogen (secondary N) is 3. The van der Waals surface area contributed by atoms with Crippen molar-refractivity contribution in [2.75, 3.05) is 13.6 Å². The van der Waals surface area contributed by atoms with Gasteiger partial charge in [0.2, 0.25) is 17.7 Å². The van der Waals surface area contributed by atoms with Gasteiger partial charge in [-0.1, -0.05) is 17.3 Å². The number of rotatable bonds is 5. The second-order valence-corrected chi connectivity index (χ2v) is 9.34. The van der Waals surface area contributed by atoms with E-state index in [0.29, 0.717) is 37.0 Å². The topological polar surface area (TPSA) is 151 Å². The van der Waals surface area contributed by atoms with Crippen molar-refractivity contribution < 1.29 is 32.9 Å². The molecule has 1 aliphatic rings. The zero-order valence-corrected chi connectivity index (χ0v) is 21.4. The Hall–Kier alpha value is -4.09. The number of nitrogens with zero attached hydrogens (tertiary/aromatic N) is 2. The zero-order chi connectivity index (χ0) is 27.7. The van der Waals surface area contributed by atoms with Crippen LogP contribution in [0.15, 0.2) is 34.9 Å². The molecule has 0 radical (unpaired) electrons. The Morgan fingerprint density at radius 2 is 1.89 bits per heavy atom. The maximum Gasteiger partial charge on any atom is 0.274 e. The average Bonchev–Trinajstić information content (AvgIpc) is 3.34. The Bertz CT molecular complexity index is 1150. The van der Waals surface area contributed by atoms with E-state index in [4.69, 9.17) is 4.52 Å². The second kappa shape index (κ2) is 13.5. The molecule has 1 aliphatic heterocycles. The van der Waals surface area contributed by atoms with E-state index in [1.54, 1.807) is 14.0 Å². The fourth-order valence-corrected chi connectivity index (χ4v) is 4.06. The predicted octanol–water partition coefficient (Wildman–Crippen LogP) is 1.05. The van der Waals surface area contributed by atoms with E-state index in [1.807, 2.05) is 0 Å². The number of carbonyl (C=O) groups excluding carboxylic acids is 5. The van der Waals surface area contributed by atoms with Crippen molar-refractivity contribution in [3.05, 3.63) is 53.2 Å². The van der Waals surface area contributed by atoms with E-state index < -0.39 is 41.7 Å². The molecule has 0 spiro atoms. The van der Waals surface area contributed by atoms with E-state index in [1.165, 1.54) is 35.2 Å². The monoisotopic (exact) mass is 529 g/mol. The van der Waals surface area contributed by atoms with E-state index >= 15 is 0 Å². The molecule has 3 N–H and O–H groups in total. The van der Waals surface area contributed by atoms with Crippen LogP contribution in [0.4, 0.5) is 4.39 Å². The molecule has 1 aromatic heterocycles. The summed E-state index contributed by atoms with van der Waals surface area (Å²) in [6, 6.07) is 3.80. The number of benzene rings is 1. The van der Waals surface area contributed by atoms with Gasteiger partial charge in [-0.3, -0.25) is 19.2 Å². The Labute approximate surface area is 219 Å². The van der Waals surface area contributed by atoms with Crippen molar-refractivity contribution in [3.63, 3.8) is 0 Å². The van der Waals surface area contributed by atoms with Crippen LogP contribution in [-0.4, -0.2) is 71.7 Å². The highest BCUT2D eigenvalue weighted by molar-refractivity contribution is 5.97. The van der Waals surface area contributed by atoms with Crippen molar-refractivity contribution in [1.29, 1.82) is 0 Å². The highest BCUT2D eigenvalue weighted by atomic mass is 19.1. The molecule has 38 heavy (non-hydrogen) atoms. The minimum absolute atomic E-state index is 0.00551. The Kier molecular flexibility index (Phi) is 10.1. The third-order valence-electron chi connectivity index (χ3n) is 6.29. The van der Waals surface area contributed by atoms with Crippen LogP contribution in [0.3, 0.4) is 0 Å². The molecule has 0 saturated carbocycles. The first-order valence-electron chi connectivity index (χ1n) is 12.4. The standard InChI is InChI=1S/C26H32FN5O6/c1-16-13-22(31-38-16)26(37)29-20-5-3-4-12-32(2)23(34)11-10-19(15-33)28-25(36)21(30-24(20)35)14-17-6-8-18(27)9-7-17/h6-9,13,15,19-21H,3-5,10-12,14H2,1-2H3,(H,28,36)(H,29,37)(H,30,35). The average molecular weight is 530 g/mol. The van der Waals surface area contributed by atoms with Gasteiger partial charge in [-0.2, -0.15) is 0 Å². The van der Waals surface area contributed by atoms with E-state index in [0.717, 1.165) is 0 Å². The smallest absolute Gasteiger partial charge is 0.274 e. The summed E-state index contributed by atoms with van der Waals surface area (Å²) >= 11 is 0. The number of hydrogen-bond acceptors (Lipinski definition) is 7. The molecule has 3 atom stereocenters. The van der Waals surface area contributed by atoms with Crippen LogP contribution in [0.5, 0.6) is 0 Å². The number of hydrogen-bond donors (Lipinski definition) is 3. The fraction of sp³-hybridized carbons (Fsp3) is 0.462. The molecule has 1 saturated heterocycles. The van der Waals surface area contributed by atoms with Crippen molar-refractivity contribution in [2.24, 2.45) is 0 Å². The van der Waals surface area contributed by atoms with Gasteiger partial charge in [0.25, 0.3) is 5.91 Å². The van der Waals surface area contributed by atoms with Gasteiger partial charge in [0.05, 0.1) is 6.04 Å². The number of aromatic nitrogens is 1. The number of halogens is 1. The van der Waals surface area contributed by atoms with Crippen molar-refractivity contribution in [1.82, 2.24) is 26.0 Å². The normalized spacial score (nSPS) is 22.0. The summed E-state index contributed by atoms with van der Waals surface area (Å²) < 4.78 is 18.4. The van der Waals surface area contributed by atoms with Crippen molar-refractivity contribution >= 4 is 29.9 Å². The summed E-state index contributed by atoms with van der Waals surface area (Å²) in [4.78, 5) is 64.9. The number of aldehydes is 1. The fourth-order valence-electron chi connectivity index (χ4n) is 4.06. The first-order valence-corrected chi connectivity index (χ1v) is 12.4. The van der Waals surface area contributed by atoms with Crippen LogP contribution in [0.25, 0.3) is 0 Å². The highest BCUT2D eigenvalue weighted by Gasteiger charge is 2.29. The van der Waals surface area contributed by atoms with Gasteiger partial charge < -0.3 is 30.2 Å². The Morgan fingerprint density at radius 3 is 2.55 bits per heavy atom. The molecule has 1 fully saturated rings. The lowest BCUT2D eigenvalue weighted by molar-refractivity contribution is -0.131. The van der Waals surface area contributed by atoms with Crippen LogP contribution < -0.4 is 16.0 Å². The van der Waals surface area contributed by atoms with Gasteiger partial charge in [0, 0.05) is 32.5 Å². The van der Waals surface area contributed by atoms with Crippen LogP contribution in [0, 0.1) is 12.7 Å². The lowest BCUT2D eigenvalue weighted by Crippen LogP contribution is -2.55. The minimum Gasteiger partial charge on any atom is -0.361 e. The number of amides is 4. The summed E-state index contributed by atoms with van der Waals surface area (Å²) in [6.45, 7) is 2.05. The largest absolute Gasteiger partial charge is 0.361 e. The second-order valence-electron chi connectivity index (χ2n) is 9.34. The molecule has 3 rings (SSSR count). The van der Waals surface area contributed by atoms with Gasteiger partial charge in [-0.25, -0.2) is 4.39 Å². The Balaban J connectivity index is 1.86. The zero-order valence-electron chi connectivity index (χ0n) is 21.4. The summed E-state index contributed by atoms with van der Waals surface area (Å²) in [6.07, 6.45) is 2.02. The van der Waals surface area contributed by atoms with Crippen molar-refractivity contribution in [3.8, 4) is 0 Å². The number of carbonyl (C=O) groups is 5. The molecule has 0 bridgehead atoms. The van der Waals surface area contributed by atoms with E-state index in [9.17, 15) is 28.4 Å². The highest BCUT2D eigenvalue weighted by Crippen LogP contribution is 2.11. The van der Waals surface area contributed by atoms with Crippen LogP contribution >= 0.6 is 0 Å². The molecule has 11 nitrogen and oxygen atoms in total. The van der Waals surface area contributed by atoms with Crippen LogP contribution in [0.2, 0.25) is 0 Å². The van der Waals surface area contributed by atoms with Gasteiger partial charge in [0.1, 0.15) is 29.9 Å². The molecule has 4 amide bonds. The summed E-state index contributed by atoms with van der Waals surface area (Å²) in [5.74, 6) is -2.08. The summed E-state index contributed by atoms with van der Waals surface area (Å²) in [7, 11) is 1.65.